The predicted molar refractivity (Wildman–Crippen MR) is 104 cm³/mol. The van der Waals surface area contributed by atoms with E-state index in [-0.39, 0.29) is 17.9 Å². The molecule has 0 atom stereocenters. The van der Waals surface area contributed by atoms with Gasteiger partial charge in [-0.3, -0.25) is 9.59 Å². The average molecular weight is 370 g/mol. The number of aryl methyl sites for hydroxylation is 1. The molecule has 1 aromatic heterocycles. The number of likely N-dealkylation sites (N-methyl/N-ethyl adjacent to an activating group) is 1. The summed E-state index contributed by atoms with van der Waals surface area (Å²) in [6.45, 7) is 6.17. The fourth-order valence-electron chi connectivity index (χ4n) is 2.92. The summed E-state index contributed by atoms with van der Waals surface area (Å²) in [6, 6.07) is 9.07. The van der Waals surface area contributed by atoms with E-state index in [2.05, 4.69) is 4.98 Å². The number of nitrogens with zero attached hydrogens (tertiary/aromatic N) is 1. The summed E-state index contributed by atoms with van der Waals surface area (Å²) in [6.07, 6.45) is 1.74. The van der Waals surface area contributed by atoms with E-state index in [0.717, 1.165) is 12.8 Å². The number of benzene rings is 1. The smallest absolute Gasteiger partial charge is 0.340 e. The van der Waals surface area contributed by atoms with E-state index in [1.807, 2.05) is 25.1 Å². The molecule has 0 saturated heterocycles. The van der Waals surface area contributed by atoms with E-state index in [4.69, 9.17) is 4.74 Å². The molecule has 1 amide bonds. The highest BCUT2D eigenvalue weighted by molar-refractivity contribution is 6.43. The van der Waals surface area contributed by atoms with Crippen molar-refractivity contribution >= 4 is 17.7 Å². The molecule has 0 spiro atoms. The molecule has 0 saturated carbocycles. The fourth-order valence-corrected chi connectivity index (χ4v) is 2.92. The Labute approximate surface area is 159 Å². The number of rotatable bonds is 8. The van der Waals surface area contributed by atoms with Gasteiger partial charge in [0.15, 0.2) is 0 Å². The van der Waals surface area contributed by atoms with Crippen LogP contribution in [0.5, 0.6) is 0 Å². The van der Waals surface area contributed by atoms with Crippen LogP contribution in [-0.2, 0) is 9.53 Å². The Bertz CT molecular complexity index is 824. The third kappa shape index (κ3) is 4.45. The van der Waals surface area contributed by atoms with Crippen molar-refractivity contribution in [3.8, 4) is 11.1 Å². The molecule has 6 heteroatoms. The van der Waals surface area contributed by atoms with Gasteiger partial charge in [0.05, 0.1) is 12.2 Å². The molecule has 0 aliphatic rings. The number of carbonyl (C=O) groups is 3. The van der Waals surface area contributed by atoms with Crippen LogP contribution >= 0.6 is 0 Å². The SMILES string of the molecule is CCCCN(C)C(=O)C(=O)c1[nH]c(C)c(C(=O)OCC)c1-c1ccccc1. The third-order valence-corrected chi connectivity index (χ3v) is 4.34. The second-order valence-electron chi connectivity index (χ2n) is 6.37. The van der Waals surface area contributed by atoms with Crippen LogP contribution in [0.4, 0.5) is 0 Å². The first-order chi connectivity index (χ1) is 12.9. The number of hydrogen-bond acceptors (Lipinski definition) is 4. The van der Waals surface area contributed by atoms with Gasteiger partial charge in [0.2, 0.25) is 0 Å². The first kappa shape index (κ1) is 20.4. The highest BCUT2D eigenvalue weighted by Crippen LogP contribution is 2.31. The molecule has 0 radical (unpaired) electrons. The minimum absolute atomic E-state index is 0.120. The number of aromatic amines is 1. The average Bonchev–Trinajstić information content (AvgIpc) is 3.02. The quantitative estimate of drug-likeness (QED) is 0.437. The van der Waals surface area contributed by atoms with E-state index < -0.39 is 17.7 Å². The molecule has 0 fully saturated rings. The Morgan fingerprint density at radius 2 is 1.78 bits per heavy atom. The van der Waals surface area contributed by atoms with Crippen LogP contribution in [0.1, 0.15) is 53.2 Å². The van der Waals surface area contributed by atoms with Crippen molar-refractivity contribution < 1.29 is 19.1 Å². The highest BCUT2D eigenvalue weighted by Gasteiger charge is 2.30. The number of H-pyrrole nitrogens is 1. The molecule has 1 aromatic carbocycles. The van der Waals surface area contributed by atoms with Crippen molar-refractivity contribution in [1.82, 2.24) is 9.88 Å². The Morgan fingerprint density at radius 3 is 2.37 bits per heavy atom. The highest BCUT2D eigenvalue weighted by atomic mass is 16.5. The number of carbonyl (C=O) groups excluding carboxylic acids is 3. The molecule has 144 valence electrons. The zero-order valence-electron chi connectivity index (χ0n) is 16.3. The van der Waals surface area contributed by atoms with Crippen LogP contribution < -0.4 is 0 Å². The van der Waals surface area contributed by atoms with E-state index in [9.17, 15) is 14.4 Å². The van der Waals surface area contributed by atoms with Crippen molar-refractivity contribution in [3.05, 3.63) is 47.3 Å². The molecule has 2 aromatic rings. The largest absolute Gasteiger partial charge is 0.462 e. The van der Waals surface area contributed by atoms with Gasteiger partial charge in [-0.25, -0.2) is 4.79 Å². The van der Waals surface area contributed by atoms with Crippen LogP contribution in [0.2, 0.25) is 0 Å². The summed E-state index contributed by atoms with van der Waals surface area (Å²) in [7, 11) is 1.61. The minimum Gasteiger partial charge on any atom is -0.462 e. The molecule has 1 heterocycles. The van der Waals surface area contributed by atoms with E-state index >= 15 is 0 Å². The summed E-state index contributed by atoms with van der Waals surface area (Å²) in [5, 5.41) is 0. The van der Waals surface area contributed by atoms with Gasteiger partial charge in [-0.2, -0.15) is 0 Å². The number of Topliss-reactive ketones (excluding diaryl/α,β-unsaturated/α-hetero) is 1. The van der Waals surface area contributed by atoms with Crippen molar-refractivity contribution in [2.75, 3.05) is 20.2 Å². The van der Waals surface area contributed by atoms with Gasteiger partial charge >= 0.3 is 5.97 Å². The van der Waals surface area contributed by atoms with Gasteiger partial charge in [0.25, 0.3) is 11.7 Å². The zero-order chi connectivity index (χ0) is 20.0. The summed E-state index contributed by atoms with van der Waals surface area (Å²) in [5.74, 6) is -1.78. The number of amides is 1. The Balaban J connectivity index is 2.53. The number of nitrogens with one attached hydrogen (secondary N) is 1. The molecule has 27 heavy (non-hydrogen) atoms. The molecule has 0 bridgehead atoms. The van der Waals surface area contributed by atoms with Gasteiger partial charge in [0, 0.05) is 24.8 Å². The monoisotopic (exact) mass is 370 g/mol. The second-order valence-corrected chi connectivity index (χ2v) is 6.37. The number of esters is 1. The first-order valence-corrected chi connectivity index (χ1v) is 9.17. The molecular formula is C21H26N2O4. The molecule has 0 aliphatic carbocycles. The number of unbranched alkanes of at least 4 members (excludes halogenated alkanes) is 1. The predicted octanol–water partition coefficient (Wildman–Crippen LogP) is 3.61. The van der Waals surface area contributed by atoms with Gasteiger partial charge in [0.1, 0.15) is 5.69 Å². The Morgan fingerprint density at radius 1 is 1.11 bits per heavy atom. The summed E-state index contributed by atoms with van der Waals surface area (Å²) >= 11 is 0. The van der Waals surface area contributed by atoms with Crippen molar-refractivity contribution in [1.29, 1.82) is 0 Å². The normalized spacial score (nSPS) is 10.5. The van der Waals surface area contributed by atoms with Crippen molar-refractivity contribution in [2.24, 2.45) is 0 Å². The van der Waals surface area contributed by atoms with E-state index in [0.29, 0.717) is 23.4 Å². The number of hydrogen-bond donors (Lipinski definition) is 1. The van der Waals surface area contributed by atoms with Gasteiger partial charge < -0.3 is 14.6 Å². The summed E-state index contributed by atoms with van der Waals surface area (Å²) in [4.78, 5) is 42.4. The molecule has 6 nitrogen and oxygen atoms in total. The topological polar surface area (TPSA) is 79.5 Å². The number of ketones is 1. The van der Waals surface area contributed by atoms with E-state index in [1.165, 1.54) is 4.90 Å². The maximum Gasteiger partial charge on any atom is 0.340 e. The molecule has 1 N–H and O–H groups in total. The van der Waals surface area contributed by atoms with Crippen LogP contribution in [-0.4, -0.2) is 47.7 Å². The molecule has 0 unspecified atom stereocenters. The van der Waals surface area contributed by atoms with Crippen LogP contribution in [0.3, 0.4) is 0 Å². The van der Waals surface area contributed by atoms with Crippen LogP contribution in [0, 0.1) is 6.92 Å². The number of ether oxygens (including phenoxy) is 1. The second kappa shape index (κ2) is 9.16. The summed E-state index contributed by atoms with van der Waals surface area (Å²) < 4.78 is 5.16. The van der Waals surface area contributed by atoms with Gasteiger partial charge in [-0.05, 0) is 25.8 Å². The number of aromatic nitrogens is 1. The molecule has 2 rings (SSSR count). The summed E-state index contributed by atoms with van der Waals surface area (Å²) in [5.41, 5.74) is 2.00. The minimum atomic E-state index is -0.661. The van der Waals surface area contributed by atoms with Gasteiger partial charge in [-0.15, -0.1) is 0 Å². The Kier molecular flexibility index (Phi) is 6.93. The van der Waals surface area contributed by atoms with Crippen LogP contribution in [0.15, 0.2) is 30.3 Å². The lowest BCUT2D eigenvalue weighted by Crippen LogP contribution is -2.34. The lowest BCUT2D eigenvalue weighted by Gasteiger charge is -2.16. The third-order valence-electron chi connectivity index (χ3n) is 4.34. The Hall–Kier alpha value is -2.89. The van der Waals surface area contributed by atoms with Crippen LogP contribution in [0.25, 0.3) is 11.1 Å². The molecular weight excluding hydrogens is 344 g/mol. The standard InChI is InChI=1S/C21H26N2O4/c1-5-7-13-23(4)20(25)19(24)18-17(15-11-9-8-10-12-15)16(14(3)22-18)21(26)27-6-2/h8-12,22H,5-7,13H2,1-4H3. The first-order valence-electron chi connectivity index (χ1n) is 9.17. The van der Waals surface area contributed by atoms with E-state index in [1.54, 1.807) is 33.0 Å². The van der Waals surface area contributed by atoms with Gasteiger partial charge in [-0.1, -0.05) is 43.7 Å². The fraction of sp³-hybridized carbons (Fsp3) is 0.381. The molecule has 0 aliphatic heterocycles. The van der Waals surface area contributed by atoms with Crippen molar-refractivity contribution in [3.63, 3.8) is 0 Å². The lowest BCUT2D eigenvalue weighted by atomic mass is 9.98. The lowest BCUT2D eigenvalue weighted by molar-refractivity contribution is -0.125. The maximum atomic E-state index is 12.9. The zero-order valence-corrected chi connectivity index (χ0v) is 16.3. The maximum absolute atomic E-state index is 12.9. The van der Waals surface area contributed by atoms with Crippen molar-refractivity contribution in [2.45, 2.75) is 33.6 Å².